The third-order valence-electron chi connectivity index (χ3n) is 2.50. The predicted octanol–water partition coefficient (Wildman–Crippen LogP) is 2.49. The molecule has 1 aromatic heterocycles. The lowest BCUT2D eigenvalue weighted by Crippen LogP contribution is -2.16. The number of nitrogens with zero attached hydrogens (tertiary/aromatic N) is 1. The Kier molecular flexibility index (Phi) is 5.30. The highest BCUT2D eigenvalue weighted by atomic mass is 16.5. The first-order chi connectivity index (χ1) is 8.84. The first kappa shape index (κ1) is 15.4. The second kappa shape index (κ2) is 6.52. The van der Waals surface area contributed by atoms with E-state index in [1.54, 1.807) is 6.07 Å². The van der Waals surface area contributed by atoms with Gasteiger partial charge in [0.2, 0.25) is 5.88 Å². The molecule has 0 spiro atoms. The zero-order chi connectivity index (χ0) is 14.5. The van der Waals surface area contributed by atoms with Crippen LogP contribution in [0.4, 0.5) is 0 Å². The predicted molar refractivity (Wildman–Crippen MR) is 71.9 cm³/mol. The lowest BCUT2D eigenvalue weighted by atomic mass is 9.91. The summed E-state index contributed by atoms with van der Waals surface area (Å²) in [6, 6.07) is 3.02. The quantitative estimate of drug-likeness (QED) is 0.802. The molecule has 1 N–H and O–H groups in total. The van der Waals surface area contributed by atoms with E-state index in [2.05, 4.69) is 4.98 Å². The fourth-order valence-electron chi connectivity index (χ4n) is 1.44. The summed E-state index contributed by atoms with van der Waals surface area (Å²) in [5.74, 6) is -0.660. The molecule has 0 saturated carbocycles. The van der Waals surface area contributed by atoms with Crippen LogP contribution in [-0.2, 0) is 10.2 Å². The van der Waals surface area contributed by atoms with Crippen molar-refractivity contribution < 1.29 is 19.4 Å². The van der Waals surface area contributed by atoms with Gasteiger partial charge in [-0.05, 0) is 13.0 Å². The maximum absolute atomic E-state index is 11.1. The molecule has 1 rings (SSSR count). The summed E-state index contributed by atoms with van der Waals surface area (Å²) in [6.45, 7) is 9.27. The van der Waals surface area contributed by atoms with Crippen molar-refractivity contribution in [3.63, 3.8) is 0 Å². The van der Waals surface area contributed by atoms with Gasteiger partial charge in [-0.2, -0.15) is 0 Å². The van der Waals surface area contributed by atoms with Gasteiger partial charge in [-0.3, -0.25) is 0 Å². The highest BCUT2D eigenvalue weighted by molar-refractivity contribution is 5.88. The molecule has 0 saturated heterocycles. The maximum atomic E-state index is 11.1. The first-order valence-electron chi connectivity index (χ1n) is 6.31. The molecule has 106 valence electrons. The number of rotatable bonds is 6. The van der Waals surface area contributed by atoms with Crippen LogP contribution in [0.15, 0.2) is 12.1 Å². The van der Waals surface area contributed by atoms with Crippen LogP contribution in [-0.4, -0.2) is 35.9 Å². The van der Waals surface area contributed by atoms with Crippen molar-refractivity contribution in [1.82, 2.24) is 4.98 Å². The van der Waals surface area contributed by atoms with Crippen molar-refractivity contribution in [2.24, 2.45) is 0 Å². The van der Waals surface area contributed by atoms with E-state index in [1.807, 2.05) is 27.7 Å². The van der Waals surface area contributed by atoms with Crippen molar-refractivity contribution >= 4 is 5.97 Å². The third kappa shape index (κ3) is 4.87. The van der Waals surface area contributed by atoms with Gasteiger partial charge in [-0.1, -0.05) is 20.8 Å². The Hall–Kier alpha value is -1.62. The van der Waals surface area contributed by atoms with E-state index in [-0.39, 0.29) is 11.0 Å². The largest absolute Gasteiger partial charge is 0.478 e. The molecule has 1 aromatic rings. The molecule has 0 bridgehead atoms. The van der Waals surface area contributed by atoms with Crippen LogP contribution in [0.2, 0.25) is 0 Å². The monoisotopic (exact) mass is 267 g/mol. The number of aromatic nitrogens is 1. The summed E-state index contributed by atoms with van der Waals surface area (Å²) in [7, 11) is 0. The van der Waals surface area contributed by atoms with Crippen LogP contribution in [0.5, 0.6) is 5.88 Å². The van der Waals surface area contributed by atoms with E-state index in [0.717, 1.165) is 0 Å². The Labute approximate surface area is 113 Å². The van der Waals surface area contributed by atoms with E-state index in [1.165, 1.54) is 6.07 Å². The third-order valence-corrected chi connectivity index (χ3v) is 2.50. The Morgan fingerprint density at radius 3 is 2.53 bits per heavy atom. The van der Waals surface area contributed by atoms with Crippen molar-refractivity contribution in [2.45, 2.75) is 33.1 Å². The van der Waals surface area contributed by atoms with Gasteiger partial charge in [-0.25, -0.2) is 9.78 Å². The summed E-state index contributed by atoms with van der Waals surface area (Å²) in [4.78, 5) is 15.4. The molecule has 1 heterocycles. The van der Waals surface area contributed by atoms with E-state index in [4.69, 9.17) is 14.6 Å². The molecule has 0 aliphatic carbocycles. The Bertz CT molecular complexity index is 438. The summed E-state index contributed by atoms with van der Waals surface area (Å²) in [6.07, 6.45) is 0. The molecule has 0 radical (unpaired) electrons. The van der Waals surface area contributed by atoms with Crippen molar-refractivity contribution in [3.8, 4) is 5.88 Å². The van der Waals surface area contributed by atoms with Gasteiger partial charge in [0.05, 0.1) is 17.9 Å². The molecule has 5 nitrogen and oxygen atoms in total. The summed E-state index contributed by atoms with van der Waals surface area (Å²) < 4.78 is 10.6. The summed E-state index contributed by atoms with van der Waals surface area (Å²) in [5.41, 5.74) is 0.647. The van der Waals surface area contributed by atoms with Gasteiger partial charge >= 0.3 is 5.97 Å². The number of carboxylic acid groups (broad SMARTS) is 1. The number of ether oxygens (including phenoxy) is 2. The molecule has 0 amide bonds. The van der Waals surface area contributed by atoms with Crippen molar-refractivity contribution in [1.29, 1.82) is 0 Å². The zero-order valence-corrected chi connectivity index (χ0v) is 11.9. The van der Waals surface area contributed by atoms with Gasteiger partial charge < -0.3 is 14.6 Å². The molecule has 5 heteroatoms. The van der Waals surface area contributed by atoms with E-state index >= 15 is 0 Å². The maximum Gasteiger partial charge on any atom is 0.335 e. The minimum atomic E-state index is -0.984. The molecule has 0 aromatic carbocycles. The molecule has 19 heavy (non-hydrogen) atoms. The molecule has 0 fully saturated rings. The van der Waals surface area contributed by atoms with Gasteiger partial charge in [0.25, 0.3) is 0 Å². The fraction of sp³-hybridized carbons (Fsp3) is 0.571. The van der Waals surface area contributed by atoms with Crippen molar-refractivity contribution in [2.75, 3.05) is 19.8 Å². The van der Waals surface area contributed by atoms with Crippen LogP contribution in [0, 0.1) is 0 Å². The molecule has 0 unspecified atom stereocenters. The Morgan fingerprint density at radius 1 is 1.32 bits per heavy atom. The lowest BCUT2D eigenvalue weighted by Gasteiger charge is -2.19. The number of hydrogen-bond donors (Lipinski definition) is 1. The van der Waals surface area contributed by atoms with Crippen LogP contribution in [0.25, 0.3) is 0 Å². The van der Waals surface area contributed by atoms with Gasteiger partial charge in [-0.15, -0.1) is 0 Å². The second-order valence-electron chi connectivity index (χ2n) is 5.18. The number of pyridine rings is 1. The number of aromatic carboxylic acids is 1. The van der Waals surface area contributed by atoms with Gasteiger partial charge in [0.15, 0.2) is 0 Å². The number of carboxylic acids is 1. The summed E-state index contributed by atoms with van der Waals surface area (Å²) >= 11 is 0. The van der Waals surface area contributed by atoms with Crippen LogP contribution >= 0.6 is 0 Å². The molecular weight excluding hydrogens is 246 g/mol. The Morgan fingerprint density at radius 2 is 2.00 bits per heavy atom. The van der Waals surface area contributed by atoms with E-state index in [0.29, 0.717) is 31.4 Å². The van der Waals surface area contributed by atoms with Gasteiger partial charge in [0, 0.05) is 18.1 Å². The SMILES string of the molecule is CCOCCOc1cc(C(=O)O)cc(C(C)(C)C)n1. The second-order valence-corrected chi connectivity index (χ2v) is 5.18. The first-order valence-corrected chi connectivity index (χ1v) is 6.31. The van der Waals surface area contributed by atoms with E-state index in [9.17, 15) is 4.79 Å². The average molecular weight is 267 g/mol. The highest BCUT2D eigenvalue weighted by Gasteiger charge is 2.19. The van der Waals surface area contributed by atoms with E-state index < -0.39 is 5.97 Å². The molecule has 0 aliphatic rings. The zero-order valence-electron chi connectivity index (χ0n) is 11.9. The topological polar surface area (TPSA) is 68.7 Å². The standard InChI is InChI=1S/C14H21NO4/c1-5-18-6-7-19-12-9-10(13(16)17)8-11(15-12)14(2,3)4/h8-9H,5-7H2,1-4H3,(H,16,17). The Balaban J connectivity index is 2.91. The normalized spacial score (nSPS) is 11.4. The lowest BCUT2D eigenvalue weighted by molar-refractivity contribution is 0.0695. The minimum Gasteiger partial charge on any atom is -0.478 e. The van der Waals surface area contributed by atoms with Crippen LogP contribution in [0.1, 0.15) is 43.7 Å². The van der Waals surface area contributed by atoms with Crippen molar-refractivity contribution in [3.05, 3.63) is 23.4 Å². The fourth-order valence-corrected chi connectivity index (χ4v) is 1.44. The molecule has 0 aliphatic heterocycles. The average Bonchev–Trinajstić information content (AvgIpc) is 2.33. The van der Waals surface area contributed by atoms with Gasteiger partial charge in [0.1, 0.15) is 6.61 Å². The number of hydrogen-bond acceptors (Lipinski definition) is 4. The molecular formula is C14H21NO4. The summed E-state index contributed by atoms with van der Waals surface area (Å²) in [5, 5.41) is 9.10. The minimum absolute atomic E-state index is 0.186. The highest BCUT2D eigenvalue weighted by Crippen LogP contribution is 2.24. The van der Waals surface area contributed by atoms with Crippen LogP contribution in [0.3, 0.4) is 0 Å². The number of carbonyl (C=O) groups is 1. The smallest absolute Gasteiger partial charge is 0.335 e. The molecule has 0 atom stereocenters. The van der Waals surface area contributed by atoms with Crippen LogP contribution < -0.4 is 4.74 Å².